The summed E-state index contributed by atoms with van der Waals surface area (Å²) >= 11 is 5.94. The molecular formula is C25H20ClF4N3O2. The summed E-state index contributed by atoms with van der Waals surface area (Å²) in [5, 5.41) is 20.9. The van der Waals surface area contributed by atoms with Crippen LogP contribution in [0.3, 0.4) is 0 Å². The van der Waals surface area contributed by atoms with Crippen LogP contribution in [0.5, 0.6) is 5.75 Å². The van der Waals surface area contributed by atoms with Crippen LogP contribution in [0.1, 0.15) is 21.5 Å². The van der Waals surface area contributed by atoms with E-state index < -0.39 is 29.4 Å². The van der Waals surface area contributed by atoms with Crippen molar-refractivity contribution in [3.8, 4) is 5.75 Å². The van der Waals surface area contributed by atoms with Crippen LogP contribution >= 0.6 is 11.6 Å². The summed E-state index contributed by atoms with van der Waals surface area (Å²) in [6.45, 7) is 0.0691. The molecule has 0 saturated heterocycles. The number of nitrogens with one attached hydrogen (secondary N) is 2. The summed E-state index contributed by atoms with van der Waals surface area (Å²) in [5.41, 5.74) is -0.573. The molecule has 0 radical (unpaired) electrons. The first-order chi connectivity index (χ1) is 16.5. The normalized spacial score (nSPS) is 11.8. The van der Waals surface area contributed by atoms with E-state index in [2.05, 4.69) is 5.32 Å². The molecule has 0 atom stereocenters. The first-order valence-corrected chi connectivity index (χ1v) is 10.6. The number of carbonyl (C=O) groups is 1. The third kappa shape index (κ3) is 6.39. The maximum atomic E-state index is 13.4. The van der Waals surface area contributed by atoms with E-state index in [-0.39, 0.29) is 29.1 Å². The molecule has 0 aromatic heterocycles. The van der Waals surface area contributed by atoms with Crippen molar-refractivity contribution >= 4 is 34.6 Å². The number of halogens is 5. The third-order valence-electron chi connectivity index (χ3n) is 5.04. The number of hydrogen-bond donors (Lipinski definition) is 3. The quantitative estimate of drug-likeness (QED) is 0.265. The number of benzene rings is 3. The van der Waals surface area contributed by atoms with Gasteiger partial charge in [0.2, 0.25) is 0 Å². The Balaban J connectivity index is 2.02. The molecule has 5 nitrogen and oxygen atoms in total. The van der Waals surface area contributed by atoms with Gasteiger partial charge in [-0.25, -0.2) is 4.39 Å². The van der Waals surface area contributed by atoms with E-state index in [9.17, 15) is 27.5 Å². The minimum absolute atomic E-state index is 0.00549. The number of nitrogens with zero attached hydrogens (tertiary/aromatic N) is 1. The van der Waals surface area contributed by atoms with Crippen molar-refractivity contribution in [3.05, 3.63) is 100 Å². The Bertz CT molecular complexity index is 1260. The van der Waals surface area contributed by atoms with Crippen molar-refractivity contribution < 1.29 is 27.5 Å². The maximum absolute atomic E-state index is 13.4. The van der Waals surface area contributed by atoms with Gasteiger partial charge in [0.1, 0.15) is 17.3 Å². The molecule has 0 heterocycles. The molecule has 0 saturated carbocycles. The predicted molar refractivity (Wildman–Crippen MR) is 127 cm³/mol. The van der Waals surface area contributed by atoms with Gasteiger partial charge in [0.05, 0.1) is 6.54 Å². The highest BCUT2D eigenvalue weighted by Crippen LogP contribution is 2.31. The zero-order valence-corrected chi connectivity index (χ0v) is 19.1. The van der Waals surface area contributed by atoms with Crippen LogP contribution in [0.25, 0.3) is 5.70 Å². The van der Waals surface area contributed by atoms with Gasteiger partial charge < -0.3 is 15.3 Å². The fourth-order valence-electron chi connectivity index (χ4n) is 3.23. The molecule has 0 spiro atoms. The predicted octanol–water partition coefficient (Wildman–Crippen LogP) is 6.17. The Labute approximate surface area is 203 Å². The molecule has 0 aliphatic heterocycles. The highest BCUT2D eigenvalue weighted by molar-refractivity contribution is 6.30. The zero-order valence-electron chi connectivity index (χ0n) is 18.3. The fourth-order valence-corrected chi connectivity index (χ4v) is 3.35. The van der Waals surface area contributed by atoms with Crippen LogP contribution in [-0.4, -0.2) is 29.9 Å². The topological polar surface area (TPSA) is 76.4 Å². The van der Waals surface area contributed by atoms with E-state index in [0.717, 1.165) is 12.1 Å². The Morgan fingerprint density at radius 2 is 1.71 bits per heavy atom. The van der Waals surface area contributed by atoms with Gasteiger partial charge >= 0.3 is 6.18 Å². The van der Waals surface area contributed by atoms with Crippen molar-refractivity contribution in [1.29, 1.82) is 5.41 Å². The van der Waals surface area contributed by atoms with Gasteiger partial charge in [-0.3, -0.25) is 10.2 Å². The molecule has 3 aromatic rings. The smallest absolute Gasteiger partial charge is 0.432 e. The number of rotatable bonds is 7. The van der Waals surface area contributed by atoms with Crippen molar-refractivity contribution in [2.24, 2.45) is 0 Å². The number of phenols is 1. The standard InChI is InChI=1S/C25H20ClF4N3O2/c1-32-21(13-23(31)25(28,29)30)20-11-10-19(12-22(20)34)33(14-15-2-6-17(26)7-3-15)24(35)16-4-8-18(27)9-5-16/h2-13,31-32,34H,14H2,1H3/b21-13-,31-23?. The number of anilines is 1. The van der Waals surface area contributed by atoms with Crippen molar-refractivity contribution in [3.63, 3.8) is 0 Å². The molecule has 182 valence electrons. The maximum Gasteiger partial charge on any atom is 0.432 e. The number of alkyl halides is 3. The lowest BCUT2D eigenvalue weighted by Crippen LogP contribution is -2.30. The van der Waals surface area contributed by atoms with E-state index in [1.165, 1.54) is 42.3 Å². The second kappa shape index (κ2) is 10.6. The van der Waals surface area contributed by atoms with E-state index in [1.807, 2.05) is 0 Å². The van der Waals surface area contributed by atoms with E-state index in [0.29, 0.717) is 16.7 Å². The van der Waals surface area contributed by atoms with Gasteiger partial charge in [0, 0.05) is 40.6 Å². The number of amides is 1. The molecule has 0 unspecified atom stereocenters. The van der Waals surface area contributed by atoms with Gasteiger partial charge in [-0.2, -0.15) is 13.2 Å². The molecule has 3 aromatic carbocycles. The second-order valence-corrected chi connectivity index (χ2v) is 7.88. The first kappa shape index (κ1) is 25.8. The molecule has 10 heteroatoms. The summed E-state index contributed by atoms with van der Waals surface area (Å²) in [5.74, 6) is -1.41. The van der Waals surface area contributed by atoms with Crippen LogP contribution < -0.4 is 10.2 Å². The number of allylic oxidation sites excluding steroid dienone is 1. The molecular weight excluding hydrogens is 486 g/mol. The Kier molecular flexibility index (Phi) is 7.81. The van der Waals surface area contributed by atoms with Crippen molar-refractivity contribution in [2.45, 2.75) is 12.7 Å². The minimum atomic E-state index is -4.85. The molecule has 0 fully saturated rings. The number of carbonyl (C=O) groups excluding carboxylic acids is 1. The Hall–Kier alpha value is -3.85. The fraction of sp³-hybridized carbons (Fsp3) is 0.120. The lowest BCUT2D eigenvalue weighted by Gasteiger charge is -2.24. The minimum Gasteiger partial charge on any atom is -0.507 e. The SMILES string of the molecule is CN/C(=C\C(=N)C(F)(F)F)c1ccc(N(Cc2ccc(Cl)cc2)C(=O)c2ccc(F)cc2)cc1O. The summed E-state index contributed by atoms with van der Waals surface area (Å²) in [7, 11) is 1.35. The van der Waals surface area contributed by atoms with Gasteiger partial charge in [-0.05, 0) is 60.2 Å². The summed E-state index contributed by atoms with van der Waals surface area (Å²) < 4.78 is 51.8. The van der Waals surface area contributed by atoms with Crippen LogP contribution in [0.4, 0.5) is 23.2 Å². The molecule has 0 bridgehead atoms. The monoisotopic (exact) mass is 505 g/mol. The zero-order chi connectivity index (χ0) is 25.8. The summed E-state index contributed by atoms with van der Waals surface area (Å²) in [4.78, 5) is 14.6. The van der Waals surface area contributed by atoms with Gasteiger partial charge in [-0.1, -0.05) is 23.7 Å². The lowest BCUT2D eigenvalue weighted by atomic mass is 10.1. The average Bonchev–Trinajstić information content (AvgIpc) is 2.81. The Morgan fingerprint density at radius 3 is 2.26 bits per heavy atom. The third-order valence-corrected chi connectivity index (χ3v) is 5.29. The molecule has 3 rings (SSSR count). The molecule has 1 amide bonds. The molecule has 35 heavy (non-hydrogen) atoms. The van der Waals surface area contributed by atoms with Gasteiger partial charge in [-0.15, -0.1) is 0 Å². The van der Waals surface area contributed by atoms with Crippen molar-refractivity contribution in [1.82, 2.24) is 5.32 Å². The van der Waals surface area contributed by atoms with Gasteiger partial charge in [0.25, 0.3) is 5.91 Å². The van der Waals surface area contributed by atoms with E-state index >= 15 is 0 Å². The van der Waals surface area contributed by atoms with E-state index in [4.69, 9.17) is 17.0 Å². The molecule has 3 N–H and O–H groups in total. The average molecular weight is 506 g/mol. The van der Waals surface area contributed by atoms with Crippen LogP contribution in [-0.2, 0) is 6.54 Å². The molecule has 0 aliphatic rings. The first-order valence-electron chi connectivity index (χ1n) is 10.2. The summed E-state index contributed by atoms with van der Waals surface area (Å²) in [6.07, 6.45) is -4.29. The lowest BCUT2D eigenvalue weighted by molar-refractivity contribution is -0.0584. The van der Waals surface area contributed by atoms with Crippen molar-refractivity contribution in [2.75, 3.05) is 11.9 Å². The largest absolute Gasteiger partial charge is 0.507 e. The molecule has 0 aliphatic carbocycles. The van der Waals surface area contributed by atoms with Gasteiger partial charge in [0.15, 0.2) is 0 Å². The summed E-state index contributed by atoms with van der Waals surface area (Å²) in [6, 6.07) is 15.7. The number of aromatic hydroxyl groups is 1. The highest BCUT2D eigenvalue weighted by Gasteiger charge is 2.33. The van der Waals surface area contributed by atoms with Crippen LogP contribution in [0.2, 0.25) is 5.02 Å². The van der Waals surface area contributed by atoms with Crippen LogP contribution in [0.15, 0.2) is 72.8 Å². The highest BCUT2D eigenvalue weighted by atomic mass is 35.5. The Morgan fingerprint density at radius 1 is 1.09 bits per heavy atom. The van der Waals surface area contributed by atoms with E-state index in [1.54, 1.807) is 24.3 Å². The number of hydrogen-bond acceptors (Lipinski definition) is 4. The van der Waals surface area contributed by atoms with Crippen LogP contribution in [0, 0.1) is 11.2 Å². The number of phenolic OH excluding ortho intramolecular Hbond substituents is 1. The second-order valence-electron chi connectivity index (χ2n) is 7.45.